The lowest BCUT2D eigenvalue weighted by Crippen LogP contribution is -2.52. The fourth-order valence-electron chi connectivity index (χ4n) is 5.64. The first-order chi connectivity index (χ1) is 15.4. The van der Waals surface area contributed by atoms with E-state index in [1.54, 1.807) is 0 Å². The summed E-state index contributed by atoms with van der Waals surface area (Å²) in [7, 11) is 0. The third kappa shape index (κ3) is 2.95. The molecule has 0 radical (unpaired) electrons. The second kappa shape index (κ2) is 7.75. The Balaban J connectivity index is 1.86. The van der Waals surface area contributed by atoms with E-state index in [4.69, 9.17) is 23.2 Å². The van der Waals surface area contributed by atoms with Crippen LogP contribution in [0.5, 0.6) is 0 Å². The van der Waals surface area contributed by atoms with E-state index in [2.05, 4.69) is 33.6 Å². The van der Waals surface area contributed by atoms with Crippen LogP contribution in [0.4, 0.5) is 5.69 Å². The summed E-state index contributed by atoms with van der Waals surface area (Å²) >= 11 is 12.7. The molecule has 164 valence electrons. The number of anilines is 1. The van der Waals surface area contributed by atoms with Gasteiger partial charge in [0.25, 0.3) is 0 Å². The number of nitrogens with one attached hydrogen (secondary N) is 1. The maximum Gasteiger partial charge on any atom is 0.238 e. The molecule has 0 fully saturated rings. The first-order valence-corrected chi connectivity index (χ1v) is 11.6. The molecule has 2 aromatic carbocycles. The third-order valence-corrected chi connectivity index (χ3v) is 7.29. The van der Waals surface area contributed by atoms with Crippen molar-refractivity contribution in [3.05, 3.63) is 87.4 Å². The molecule has 3 heterocycles. The molecule has 1 aromatic heterocycles. The Morgan fingerprint density at radius 3 is 2.75 bits per heavy atom. The average molecular weight is 467 g/mol. The van der Waals surface area contributed by atoms with Gasteiger partial charge in [0.15, 0.2) is 0 Å². The number of carbonyl (C=O) groups is 1. The molecule has 1 spiro atoms. The summed E-state index contributed by atoms with van der Waals surface area (Å²) in [5, 5.41) is 13.2. The highest BCUT2D eigenvalue weighted by Gasteiger charge is 2.61. The first kappa shape index (κ1) is 21.2. The predicted molar refractivity (Wildman–Crippen MR) is 128 cm³/mol. The van der Waals surface area contributed by atoms with Crippen molar-refractivity contribution in [3.63, 3.8) is 0 Å². The van der Waals surface area contributed by atoms with Crippen LogP contribution in [0.3, 0.4) is 0 Å². The Morgan fingerprint density at radius 2 is 2.00 bits per heavy atom. The van der Waals surface area contributed by atoms with E-state index < -0.39 is 5.41 Å². The predicted octanol–water partition coefficient (Wildman–Crippen LogP) is 6.02. The Kier molecular flexibility index (Phi) is 5.14. The van der Waals surface area contributed by atoms with Gasteiger partial charge in [-0.05, 0) is 48.7 Å². The molecule has 3 atom stereocenters. The van der Waals surface area contributed by atoms with Crippen molar-refractivity contribution in [2.75, 3.05) is 5.32 Å². The van der Waals surface area contributed by atoms with Gasteiger partial charge in [-0.2, -0.15) is 0 Å². The van der Waals surface area contributed by atoms with Gasteiger partial charge in [-0.1, -0.05) is 66.9 Å². The molecule has 3 aromatic rings. The summed E-state index contributed by atoms with van der Waals surface area (Å²) in [6.45, 7) is 8.53. The zero-order valence-corrected chi connectivity index (χ0v) is 19.5. The highest BCUT2D eigenvalue weighted by atomic mass is 35.5. The monoisotopic (exact) mass is 466 g/mol. The summed E-state index contributed by atoms with van der Waals surface area (Å²) in [6.07, 6.45) is 2.29. The zero-order valence-electron chi connectivity index (χ0n) is 18.0. The molecule has 0 bridgehead atoms. The van der Waals surface area contributed by atoms with Crippen LogP contribution < -0.4 is 5.32 Å². The number of amides is 1. The topological polar surface area (TPSA) is 59.8 Å². The largest absolute Gasteiger partial charge is 0.325 e. The van der Waals surface area contributed by atoms with E-state index in [0.717, 1.165) is 46.9 Å². The van der Waals surface area contributed by atoms with Crippen LogP contribution in [-0.4, -0.2) is 20.7 Å². The minimum absolute atomic E-state index is 0.0549. The van der Waals surface area contributed by atoms with Crippen molar-refractivity contribution < 1.29 is 4.79 Å². The number of halogens is 2. The zero-order chi connectivity index (χ0) is 22.6. The molecule has 7 heteroatoms. The molecule has 3 unspecified atom stereocenters. The van der Waals surface area contributed by atoms with Crippen LogP contribution in [0.2, 0.25) is 10.0 Å². The highest BCUT2D eigenvalue weighted by Crippen LogP contribution is 2.59. The van der Waals surface area contributed by atoms with Crippen molar-refractivity contribution in [2.45, 2.75) is 50.5 Å². The number of allylic oxidation sites excluding steroid dienone is 1. The van der Waals surface area contributed by atoms with Crippen LogP contribution in [0, 0.1) is 6.92 Å². The fraction of sp³-hybridized carbons (Fsp3) is 0.320. The SMILES string of the molecule is C=C(CCC)C1n2c(C)nnc2CC(c2cccc(Cl)c2)C12C(=O)Nc1cc(Cl)ccc12. The van der Waals surface area contributed by atoms with Gasteiger partial charge in [0.2, 0.25) is 5.91 Å². The van der Waals surface area contributed by atoms with Gasteiger partial charge in [0.1, 0.15) is 17.1 Å². The molecule has 2 aliphatic rings. The summed E-state index contributed by atoms with van der Waals surface area (Å²) in [4.78, 5) is 14.1. The minimum Gasteiger partial charge on any atom is -0.325 e. The second-order valence-corrected chi connectivity index (χ2v) is 9.54. The molecule has 5 rings (SSSR count). The van der Waals surface area contributed by atoms with Gasteiger partial charge >= 0.3 is 0 Å². The molecular formula is C25H24Cl2N4O. The van der Waals surface area contributed by atoms with Crippen molar-refractivity contribution in [1.29, 1.82) is 0 Å². The summed E-state index contributed by atoms with van der Waals surface area (Å²) in [5.41, 5.74) is 2.74. The van der Waals surface area contributed by atoms with E-state index in [9.17, 15) is 4.79 Å². The number of aromatic nitrogens is 3. The van der Waals surface area contributed by atoms with Gasteiger partial charge in [0, 0.05) is 28.1 Å². The maximum atomic E-state index is 14.1. The van der Waals surface area contributed by atoms with Gasteiger partial charge in [-0.15, -0.1) is 10.2 Å². The van der Waals surface area contributed by atoms with E-state index in [0.29, 0.717) is 16.5 Å². The van der Waals surface area contributed by atoms with E-state index in [1.165, 1.54) is 0 Å². The third-order valence-electron chi connectivity index (χ3n) is 6.82. The Morgan fingerprint density at radius 1 is 1.22 bits per heavy atom. The minimum atomic E-state index is -0.920. The second-order valence-electron chi connectivity index (χ2n) is 8.67. The van der Waals surface area contributed by atoms with Crippen LogP contribution in [0.1, 0.15) is 54.5 Å². The van der Waals surface area contributed by atoms with Crippen molar-refractivity contribution >= 4 is 34.8 Å². The molecule has 2 aliphatic heterocycles. The van der Waals surface area contributed by atoms with Gasteiger partial charge in [0.05, 0.1) is 6.04 Å². The average Bonchev–Trinajstić information content (AvgIpc) is 3.25. The fourth-order valence-corrected chi connectivity index (χ4v) is 6.01. The van der Waals surface area contributed by atoms with Crippen LogP contribution in [0.15, 0.2) is 54.6 Å². The number of carbonyl (C=O) groups excluding carboxylic acids is 1. The van der Waals surface area contributed by atoms with Crippen LogP contribution in [0.25, 0.3) is 0 Å². The number of nitrogens with zero attached hydrogens (tertiary/aromatic N) is 3. The lowest BCUT2D eigenvalue weighted by atomic mass is 9.59. The molecular weight excluding hydrogens is 443 g/mol. The lowest BCUT2D eigenvalue weighted by molar-refractivity contribution is -0.123. The van der Waals surface area contributed by atoms with E-state index in [-0.39, 0.29) is 17.9 Å². The quantitative estimate of drug-likeness (QED) is 0.478. The van der Waals surface area contributed by atoms with E-state index >= 15 is 0 Å². The van der Waals surface area contributed by atoms with Crippen LogP contribution >= 0.6 is 23.2 Å². The summed E-state index contributed by atoms with van der Waals surface area (Å²) in [6, 6.07) is 13.1. The summed E-state index contributed by atoms with van der Waals surface area (Å²) in [5.74, 6) is 1.39. The molecule has 0 saturated heterocycles. The normalized spacial score (nSPS) is 23.7. The van der Waals surface area contributed by atoms with Gasteiger partial charge in [-0.3, -0.25) is 4.79 Å². The molecule has 0 aliphatic carbocycles. The standard InChI is InChI=1S/C25H24Cl2N4O/c1-4-6-14(2)23-25(19-10-9-18(27)12-21(19)28-24(25)32)20(16-7-5-8-17(26)11-16)13-22-30-29-15(3)31(22)23/h5,7-12,20,23H,2,4,6,13H2,1,3H3,(H,28,32). The van der Waals surface area contributed by atoms with Crippen molar-refractivity contribution in [2.24, 2.45) is 0 Å². The Labute approximate surface area is 197 Å². The number of rotatable bonds is 4. The molecule has 1 amide bonds. The summed E-state index contributed by atoms with van der Waals surface area (Å²) < 4.78 is 2.11. The number of hydrogen-bond acceptors (Lipinski definition) is 3. The first-order valence-electron chi connectivity index (χ1n) is 10.8. The Hall–Kier alpha value is -2.63. The molecule has 5 nitrogen and oxygen atoms in total. The van der Waals surface area contributed by atoms with Gasteiger partial charge < -0.3 is 9.88 Å². The highest BCUT2D eigenvalue weighted by molar-refractivity contribution is 6.31. The lowest BCUT2D eigenvalue weighted by Gasteiger charge is -2.47. The van der Waals surface area contributed by atoms with Gasteiger partial charge in [-0.25, -0.2) is 0 Å². The smallest absolute Gasteiger partial charge is 0.238 e. The number of benzene rings is 2. The molecule has 32 heavy (non-hydrogen) atoms. The van der Waals surface area contributed by atoms with Crippen molar-refractivity contribution in [1.82, 2.24) is 14.8 Å². The maximum absolute atomic E-state index is 14.1. The molecule has 0 saturated carbocycles. The van der Waals surface area contributed by atoms with Crippen LogP contribution in [-0.2, 0) is 16.6 Å². The van der Waals surface area contributed by atoms with E-state index in [1.807, 2.05) is 49.4 Å². The number of fused-ring (bicyclic) bond motifs is 3. The Bertz CT molecular complexity index is 1250. The molecule has 1 N–H and O–H groups in total. The number of aryl methyl sites for hydroxylation is 1. The van der Waals surface area contributed by atoms with Crippen molar-refractivity contribution in [3.8, 4) is 0 Å². The number of hydrogen-bond donors (Lipinski definition) is 1.